The number of carbonyl (C=O) groups excluding carboxylic acids is 1. The lowest BCUT2D eigenvalue weighted by Crippen LogP contribution is -2.41. The van der Waals surface area contributed by atoms with Crippen LogP contribution in [0.3, 0.4) is 0 Å². The van der Waals surface area contributed by atoms with Crippen LogP contribution in [0, 0.1) is 0 Å². The van der Waals surface area contributed by atoms with E-state index in [4.69, 9.17) is 0 Å². The molecule has 1 aliphatic heterocycles. The van der Waals surface area contributed by atoms with E-state index in [1.165, 1.54) is 12.8 Å². The Balaban J connectivity index is 1.92. The maximum absolute atomic E-state index is 11.9. The molecule has 0 amide bonds. The summed E-state index contributed by atoms with van der Waals surface area (Å²) in [7, 11) is 1.83. The zero-order chi connectivity index (χ0) is 11.5. The number of nitrogens with zero attached hydrogens (tertiary/aromatic N) is 2. The molecule has 0 radical (unpaired) electrons. The number of hydrogen-bond donors (Lipinski definition) is 1. The summed E-state index contributed by atoms with van der Waals surface area (Å²) in [5, 5.41) is 7.50. The lowest BCUT2D eigenvalue weighted by Gasteiger charge is -2.28. The summed E-state index contributed by atoms with van der Waals surface area (Å²) in [6.45, 7) is 2.18. The van der Waals surface area contributed by atoms with E-state index < -0.39 is 0 Å². The molecule has 88 valence electrons. The first kappa shape index (κ1) is 11.3. The van der Waals surface area contributed by atoms with Crippen molar-refractivity contribution in [3.8, 4) is 0 Å². The van der Waals surface area contributed by atoms with Gasteiger partial charge in [-0.05, 0) is 19.8 Å². The van der Waals surface area contributed by atoms with Gasteiger partial charge in [-0.25, -0.2) is 0 Å². The predicted octanol–water partition coefficient (Wildman–Crippen LogP) is 1.52. The van der Waals surface area contributed by atoms with Crippen molar-refractivity contribution >= 4 is 5.78 Å². The van der Waals surface area contributed by atoms with Crippen LogP contribution in [0.2, 0.25) is 0 Å². The van der Waals surface area contributed by atoms with Gasteiger partial charge >= 0.3 is 0 Å². The van der Waals surface area contributed by atoms with Gasteiger partial charge < -0.3 is 5.32 Å². The highest BCUT2D eigenvalue weighted by Crippen LogP contribution is 2.16. The predicted molar refractivity (Wildman–Crippen MR) is 62.4 cm³/mol. The highest BCUT2D eigenvalue weighted by molar-refractivity contribution is 5.95. The molecular weight excluding hydrogens is 202 g/mol. The largest absolute Gasteiger partial charge is 0.311 e. The van der Waals surface area contributed by atoms with E-state index in [1.54, 1.807) is 17.1 Å². The van der Waals surface area contributed by atoms with Crippen LogP contribution in [-0.2, 0) is 7.05 Å². The van der Waals surface area contributed by atoms with Gasteiger partial charge in [0.25, 0.3) is 0 Å². The fraction of sp³-hybridized carbons (Fsp3) is 0.667. The van der Waals surface area contributed by atoms with E-state index in [-0.39, 0.29) is 5.78 Å². The third-order valence-corrected chi connectivity index (χ3v) is 3.17. The molecule has 0 spiro atoms. The van der Waals surface area contributed by atoms with E-state index in [0.29, 0.717) is 18.5 Å². The first-order valence-corrected chi connectivity index (χ1v) is 5.93. The van der Waals surface area contributed by atoms with Crippen molar-refractivity contribution in [1.82, 2.24) is 15.1 Å². The molecule has 0 aliphatic carbocycles. The topological polar surface area (TPSA) is 46.9 Å². The third kappa shape index (κ3) is 2.70. The van der Waals surface area contributed by atoms with Crippen molar-refractivity contribution in [3.05, 3.63) is 18.0 Å². The second-order valence-corrected chi connectivity index (χ2v) is 4.73. The normalized spacial score (nSPS) is 25.6. The van der Waals surface area contributed by atoms with Gasteiger partial charge in [0, 0.05) is 31.7 Å². The number of aromatic nitrogens is 2. The highest BCUT2D eigenvalue weighted by atomic mass is 16.1. The van der Waals surface area contributed by atoms with Crippen molar-refractivity contribution in [2.45, 2.75) is 44.7 Å². The van der Waals surface area contributed by atoms with Gasteiger partial charge in [-0.3, -0.25) is 9.48 Å². The summed E-state index contributed by atoms with van der Waals surface area (Å²) in [5.74, 6) is 0.194. The Hall–Kier alpha value is -1.16. The monoisotopic (exact) mass is 221 g/mol. The van der Waals surface area contributed by atoms with Crippen LogP contribution in [0.1, 0.15) is 43.0 Å². The molecule has 2 atom stereocenters. The van der Waals surface area contributed by atoms with Gasteiger partial charge in [-0.15, -0.1) is 0 Å². The number of nitrogens with one attached hydrogen (secondary N) is 1. The molecule has 4 nitrogen and oxygen atoms in total. The Labute approximate surface area is 96.0 Å². The van der Waals surface area contributed by atoms with Crippen LogP contribution < -0.4 is 5.32 Å². The lowest BCUT2D eigenvalue weighted by molar-refractivity contribution is 0.0960. The van der Waals surface area contributed by atoms with Crippen molar-refractivity contribution in [2.24, 2.45) is 7.05 Å². The zero-order valence-electron chi connectivity index (χ0n) is 9.94. The number of Topliss-reactive ketones (excluding diaryl/α,β-unsaturated/α-hetero) is 1. The molecule has 2 heterocycles. The van der Waals surface area contributed by atoms with E-state index in [0.717, 1.165) is 12.0 Å². The zero-order valence-corrected chi connectivity index (χ0v) is 9.94. The van der Waals surface area contributed by atoms with Gasteiger partial charge in [0.2, 0.25) is 0 Å². The van der Waals surface area contributed by atoms with E-state index in [1.807, 2.05) is 7.05 Å². The summed E-state index contributed by atoms with van der Waals surface area (Å²) >= 11 is 0. The Morgan fingerprint density at radius 2 is 2.44 bits per heavy atom. The smallest absolute Gasteiger partial charge is 0.167 e. The first-order chi connectivity index (χ1) is 7.65. The summed E-state index contributed by atoms with van der Waals surface area (Å²) in [6, 6.07) is 0.886. The molecule has 16 heavy (non-hydrogen) atoms. The van der Waals surface area contributed by atoms with E-state index >= 15 is 0 Å². The Kier molecular flexibility index (Phi) is 3.39. The maximum atomic E-state index is 11.9. The second kappa shape index (κ2) is 4.78. The van der Waals surface area contributed by atoms with Gasteiger partial charge in [-0.2, -0.15) is 5.10 Å². The molecule has 1 N–H and O–H groups in total. The molecule has 2 rings (SSSR count). The molecule has 0 bridgehead atoms. The lowest BCUT2D eigenvalue weighted by atomic mass is 9.95. The summed E-state index contributed by atoms with van der Waals surface area (Å²) in [6.07, 6.45) is 7.58. The van der Waals surface area contributed by atoms with E-state index in [2.05, 4.69) is 17.3 Å². The summed E-state index contributed by atoms with van der Waals surface area (Å²) < 4.78 is 1.67. The first-order valence-electron chi connectivity index (χ1n) is 5.93. The molecule has 1 aromatic rings. The fourth-order valence-corrected chi connectivity index (χ4v) is 2.31. The molecule has 4 heteroatoms. The SMILES string of the molecule is CC1CCCC(CC(=O)c2cnn(C)c2)N1. The number of ketones is 1. The average Bonchev–Trinajstić information content (AvgIpc) is 2.65. The van der Waals surface area contributed by atoms with Crippen LogP contribution in [-0.4, -0.2) is 27.6 Å². The molecular formula is C12H19N3O. The molecule has 0 aromatic carbocycles. The molecule has 2 unspecified atom stereocenters. The minimum atomic E-state index is 0.194. The highest BCUT2D eigenvalue weighted by Gasteiger charge is 2.21. The molecule has 0 saturated carbocycles. The van der Waals surface area contributed by atoms with E-state index in [9.17, 15) is 4.79 Å². The van der Waals surface area contributed by atoms with Crippen molar-refractivity contribution in [2.75, 3.05) is 0 Å². The number of carbonyl (C=O) groups is 1. The van der Waals surface area contributed by atoms with Crippen molar-refractivity contribution in [1.29, 1.82) is 0 Å². The number of rotatable bonds is 3. The molecule has 1 saturated heterocycles. The molecule has 1 fully saturated rings. The standard InChI is InChI=1S/C12H19N3O/c1-9-4-3-5-11(14-9)6-12(16)10-7-13-15(2)8-10/h7-9,11,14H,3-6H2,1-2H3. The van der Waals surface area contributed by atoms with Gasteiger partial charge in [0.1, 0.15) is 0 Å². The van der Waals surface area contributed by atoms with Crippen molar-refractivity contribution in [3.63, 3.8) is 0 Å². The molecule has 1 aromatic heterocycles. The Morgan fingerprint density at radius 1 is 1.62 bits per heavy atom. The van der Waals surface area contributed by atoms with Crippen LogP contribution in [0.15, 0.2) is 12.4 Å². The average molecular weight is 221 g/mol. The van der Waals surface area contributed by atoms with Gasteiger partial charge in [0.15, 0.2) is 5.78 Å². The molecule has 1 aliphatic rings. The minimum Gasteiger partial charge on any atom is -0.311 e. The van der Waals surface area contributed by atoms with Gasteiger partial charge in [0.05, 0.1) is 11.8 Å². The number of hydrogen-bond acceptors (Lipinski definition) is 3. The van der Waals surface area contributed by atoms with Crippen LogP contribution in [0.25, 0.3) is 0 Å². The number of aryl methyl sites for hydroxylation is 1. The summed E-state index contributed by atoms with van der Waals surface area (Å²) in [5.41, 5.74) is 0.725. The number of piperidine rings is 1. The van der Waals surface area contributed by atoms with Crippen LogP contribution >= 0.6 is 0 Å². The second-order valence-electron chi connectivity index (χ2n) is 4.73. The van der Waals surface area contributed by atoms with Gasteiger partial charge in [-0.1, -0.05) is 6.42 Å². The Morgan fingerprint density at radius 3 is 3.06 bits per heavy atom. The Bertz CT molecular complexity index is 372. The fourth-order valence-electron chi connectivity index (χ4n) is 2.31. The maximum Gasteiger partial charge on any atom is 0.167 e. The summed E-state index contributed by atoms with van der Waals surface area (Å²) in [4.78, 5) is 11.9. The van der Waals surface area contributed by atoms with Crippen LogP contribution in [0.5, 0.6) is 0 Å². The quantitative estimate of drug-likeness (QED) is 0.787. The third-order valence-electron chi connectivity index (χ3n) is 3.17. The van der Waals surface area contributed by atoms with Crippen molar-refractivity contribution < 1.29 is 4.79 Å². The minimum absolute atomic E-state index is 0.194. The van der Waals surface area contributed by atoms with Crippen LogP contribution in [0.4, 0.5) is 0 Å².